The van der Waals surface area contributed by atoms with Crippen LogP contribution in [0.15, 0.2) is 315 Å². The summed E-state index contributed by atoms with van der Waals surface area (Å²) in [7, 11) is 0. The van der Waals surface area contributed by atoms with Crippen molar-refractivity contribution in [3.05, 3.63) is 349 Å². The molecule has 0 saturated carbocycles. The van der Waals surface area contributed by atoms with Crippen LogP contribution in [0.25, 0.3) is 121 Å². The lowest BCUT2D eigenvalue weighted by atomic mass is 9.75. The largest absolute Gasteiger partial charge is 0.310 e. The van der Waals surface area contributed by atoms with Crippen LogP contribution in [0, 0.1) is 11.6 Å². The van der Waals surface area contributed by atoms with E-state index in [1.807, 2.05) is 54.6 Å². The van der Waals surface area contributed by atoms with Gasteiger partial charge in [-0.15, -0.1) is 0 Å². The van der Waals surface area contributed by atoms with E-state index in [2.05, 4.69) is 286 Å². The Bertz CT molecular complexity index is 5730. The zero-order valence-corrected chi connectivity index (χ0v) is 53.7. The predicted molar refractivity (Wildman–Crippen MR) is 400 cm³/mol. The first-order chi connectivity index (χ1) is 46.9. The first-order valence-electron chi connectivity index (χ1n) is 33.2. The highest BCUT2D eigenvalue weighted by Gasteiger charge is 2.44. The topological polar surface area (TPSA) is 6.48 Å². The minimum absolute atomic E-state index is 0.332. The Morgan fingerprint density at radius 2 is 0.594 bits per heavy atom. The van der Waals surface area contributed by atoms with Crippen LogP contribution in [-0.4, -0.2) is 0 Å². The molecule has 0 atom stereocenters. The van der Waals surface area contributed by atoms with Gasteiger partial charge in [0.25, 0.3) is 0 Å². The number of nitrogens with zero attached hydrogens (tertiary/aromatic N) is 2. The van der Waals surface area contributed by atoms with Crippen LogP contribution in [0.5, 0.6) is 0 Å². The summed E-state index contributed by atoms with van der Waals surface area (Å²) in [4.78, 5) is 4.75. The summed E-state index contributed by atoms with van der Waals surface area (Å²) in [6, 6.07) is 111. The smallest absolute Gasteiger partial charge is 0.131 e. The molecular formula is C92H64F2N2. The van der Waals surface area contributed by atoms with E-state index in [0.29, 0.717) is 11.1 Å². The van der Waals surface area contributed by atoms with E-state index in [-0.39, 0.29) is 11.6 Å². The van der Waals surface area contributed by atoms with Gasteiger partial charge in [-0.25, -0.2) is 8.78 Å². The molecule has 2 aliphatic carbocycles. The molecule has 16 aromatic carbocycles. The summed E-state index contributed by atoms with van der Waals surface area (Å²) in [5.74, 6) is -0.666. The Kier molecular flexibility index (Phi) is 13.0. The fourth-order valence-corrected chi connectivity index (χ4v) is 16.0. The van der Waals surface area contributed by atoms with Crippen molar-refractivity contribution in [1.82, 2.24) is 0 Å². The normalized spacial score (nSPS) is 13.3. The molecule has 0 saturated heterocycles. The van der Waals surface area contributed by atoms with Crippen molar-refractivity contribution in [2.75, 3.05) is 9.80 Å². The second-order valence-corrected chi connectivity index (χ2v) is 27.0. The molecule has 0 radical (unpaired) electrons. The van der Waals surface area contributed by atoms with E-state index in [1.54, 1.807) is 12.1 Å². The number of benzene rings is 16. The third-order valence-corrected chi connectivity index (χ3v) is 20.9. The number of rotatable bonds is 10. The number of hydrogen-bond donors (Lipinski definition) is 0. The monoisotopic (exact) mass is 1230 g/mol. The molecule has 0 spiro atoms. The van der Waals surface area contributed by atoms with Crippen molar-refractivity contribution in [2.45, 2.75) is 38.5 Å². The Morgan fingerprint density at radius 3 is 1.04 bits per heavy atom. The average molecular weight is 1240 g/mol. The molecule has 456 valence electrons. The molecule has 0 fully saturated rings. The van der Waals surface area contributed by atoms with Gasteiger partial charge in [-0.05, 0) is 224 Å². The summed E-state index contributed by atoms with van der Waals surface area (Å²) >= 11 is 0. The molecule has 2 aliphatic rings. The second-order valence-electron chi connectivity index (χ2n) is 27.0. The maximum atomic E-state index is 18.4. The van der Waals surface area contributed by atoms with E-state index < -0.39 is 10.8 Å². The molecule has 96 heavy (non-hydrogen) atoms. The highest BCUT2D eigenvalue weighted by Crippen LogP contribution is 2.62. The molecule has 2 nitrogen and oxygen atoms in total. The predicted octanol–water partition coefficient (Wildman–Crippen LogP) is 26.0. The van der Waals surface area contributed by atoms with Crippen LogP contribution >= 0.6 is 0 Å². The van der Waals surface area contributed by atoms with Crippen molar-refractivity contribution in [3.63, 3.8) is 0 Å². The first kappa shape index (κ1) is 57.0. The van der Waals surface area contributed by atoms with Gasteiger partial charge in [0.15, 0.2) is 0 Å². The van der Waals surface area contributed by atoms with E-state index in [1.165, 1.54) is 21.5 Å². The van der Waals surface area contributed by atoms with Gasteiger partial charge < -0.3 is 9.80 Å². The number of hydrogen-bond acceptors (Lipinski definition) is 2. The van der Waals surface area contributed by atoms with Crippen LogP contribution in [0.2, 0.25) is 0 Å². The third-order valence-electron chi connectivity index (χ3n) is 20.9. The maximum Gasteiger partial charge on any atom is 0.131 e. The summed E-state index contributed by atoms with van der Waals surface area (Å²) in [5.41, 5.74) is 19.3. The SMILES string of the molecule is CC1(C)c2cc(N(c3ccc4ccccc4c3)c3ccc4ccccc4c3)ccc2-c2c1cc1c(-c3c(F)cccc3-c3ccccc3)c3c(cc1c2-c1cc(-c2ccccc2)ccc1F)C(C)(C)c1cc(N(c2ccc4ccccc4c2)c2ccc4ccccc4c2)ccc1-3. The number of halogens is 2. The fraction of sp³-hybridized carbons (Fsp3) is 0.0652. The van der Waals surface area contributed by atoms with Crippen LogP contribution in [0.1, 0.15) is 49.9 Å². The molecule has 0 aliphatic heterocycles. The van der Waals surface area contributed by atoms with Crippen molar-refractivity contribution >= 4 is 88.0 Å². The van der Waals surface area contributed by atoms with Crippen LogP contribution < -0.4 is 9.80 Å². The molecule has 0 aromatic heterocycles. The van der Waals surface area contributed by atoms with Gasteiger partial charge in [-0.2, -0.15) is 0 Å². The van der Waals surface area contributed by atoms with Crippen LogP contribution in [0.4, 0.5) is 42.9 Å². The highest BCUT2D eigenvalue weighted by molar-refractivity contribution is 6.18. The Balaban J connectivity index is 0.920. The lowest BCUT2D eigenvalue weighted by Gasteiger charge is -2.29. The van der Waals surface area contributed by atoms with Gasteiger partial charge in [-0.3, -0.25) is 0 Å². The van der Waals surface area contributed by atoms with Crippen molar-refractivity contribution < 1.29 is 8.78 Å². The summed E-state index contributed by atoms with van der Waals surface area (Å²) < 4.78 is 36.6. The van der Waals surface area contributed by atoms with Crippen molar-refractivity contribution in [3.8, 4) is 66.8 Å². The second kappa shape index (κ2) is 21.9. The summed E-state index contributed by atoms with van der Waals surface area (Å²) in [6.45, 7) is 9.25. The van der Waals surface area contributed by atoms with Gasteiger partial charge in [-0.1, -0.05) is 240 Å². The molecule has 18 rings (SSSR count). The Morgan fingerprint density at radius 1 is 0.219 bits per heavy atom. The number of fused-ring (bicyclic) bond motifs is 11. The lowest BCUT2D eigenvalue weighted by Crippen LogP contribution is -2.17. The average Bonchev–Trinajstić information content (AvgIpc) is 1.51. The molecule has 0 N–H and O–H groups in total. The molecule has 4 heteroatoms. The quantitative estimate of drug-likeness (QED) is 0.135. The molecule has 0 amide bonds. The van der Waals surface area contributed by atoms with E-state index in [0.717, 1.165) is 144 Å². The molecule has 0 unspecified atom stereocenters. The standard InChI is InChI=1S/C92H64F2N2/c1-91(2)80-53-72(95(68-39-34-58-22-11-15-28-63(58)48-68)69-40-35-59-23-12-16-29-64(59)49-69)43-45-75(80)87-82(91)56-78-77(86(87)79-52-67(38-47-84(79)93)57-20-7-5-8-21-57)55-83-88(90(78)89-74(32-19-33-85(89)94)62-26-9-6-10-27-62)76-46-44-73(54-81(76)92(83,3)4)96(70-41-36-60-24-13-17-30-65(60)50-70)71-42-37-61-25-14-18-31-66(61)51-71/h5-56H,1-4H3. The molecular weight excluding hydrogens is 1170 g/mol. The maximum absolute atomic E-state index is 18.4. The van der Waals surface area contributed by atoms with Crippen LogP contribution in [0.3, 0.4) is 0 Å². The first-order valence-corrected chi connectivity index (χ1v) is 33.2. The molecule has 0 bridgehead atoms. The lowest BCUT2D eigenvalue weighted by molar-refractivity contribution is 0.631. The fourth-order valence-electron chi connectivity index (χ4n) is 16.0. The minimum Gasteiger partial charge on any atom is -0.310 e. The molecule has 16 aromatic rings. The van der Waals surface area contributed by atoms with Crippen molar-refractivity contribution in [2.24, 2.45) is 0 Å². The van der Waals surface area contributed by atoms with Gasteiger partial charge in [0.05, 0.1) is 0 Å². The van der Waals surface area contributed by atoms with Gasteiger partial charge in [0.1, 0.15) is 11.6 Å². The van der Waals surface area contributed by atoms with Crippen molar-refractivity contribution in [1.29, 1.82) is 0 Å². The highest BCUT2D eigenvalue weighted by atomic mass is 19.1. The zero-order valence-electron chi connectivity index (χ0n) is 53.7. The van der Waals surface area contributed by atoms with E-state index >= 15 is 8.78 Å². The Hall–Kier alpha value is -11.7. The van der Waals surface area contributed by atoms with Crippen LogP contribution in [-0.2, 0) is 10.8 Å². The summed E-state index contributed by atoms with van der Waals surface area (Å²) in [5, 5.41) is 11.0. The van der Waals surface area contributed by atoms with Gasteiger partial charge >= 0.3 is 0 Å². The third kappa shape index (κ3) is 9.04. The summed E-state index contributed by atoms with van der Waals surface area (Å²) in [6.07, 6.45) is 0. The van der Waals surface area contributed by atoms with Gasteiger partial charge in [0, 0.05) is 67.2 Å². The minimum atomic E-state index is -0.665. The van der Waals surface area contributed by atoms with E-state index in [4.69, 9.17) is 0 Å². The molecule has 0 heterocycles. The van der Waals surface area contributed by atoms with Gasteiger partial charge in [0.2, 0.25) is 0 Å². The Labute approximate surface area is 557 Å². The number of anilines is 6. The van der Waals surface area contributed by atoms with E-state index in [9.17, 15) is 0 Å². The zero-order chi connectivity index (χ0) is 64.6.